The van der Waals surface area contributed by atoms with E-state index in [1.807, 2.05) is 23.1 Å². The lowest BCUT2D eigenvalue weighted by molar-refractivity contribution is 0.0303. The molecular formula is C28H28N4O2S. The summed E-state index contributed by atoms with van der Waals surface area (Å²) in [5, 5.41) is 9.91. The second-order valence-corrected chi connectivity index (χ2v) is 9.68. The molecule has 35 heavy (non-hydrogen) atoms. The van der Waals surface area contributed by atoms with E-state index < -0.39 is 0 Å². The molecule has 1 aromatic heterocycles. The van der Waals surface area contributed by atoms with Crippen LogP contribution in [0.5, 0.6) is 0 Å². The first kappa shape index (κ1) is 23.3. The van der Waals surface area contributed by atoms with Crippen LogP contribution in [-0.2, 0) is 10.5 Å². The summed E-state index contributed by atoms with van der Waals surface area (Å²) in [5.74, 6) is 1.56. The van der Waals surface area contributed by atoms with E-state index in [-0.39, 0.29) is 5.91 Å². The van der Waals surface area contributed by atoms with Gasteiger partial charge in [-0.25, -0.2) is 0 Å². The minimum atomic E-state index is 0.0598. The predicted molar refractivity (Wildman–Crippen MR) is 139 cm³/mol. The molecule has 6 nitrogen and oxygen atoms in total. The van der Waals surface area contributed by atoms with Crippen LogP contribution in [0.3, 0.4) is 0 Å². The lowest BCUT2D eigenvalue weighted by Gasteiger charge is -2.27. The van der Waals surface area contributed by atoms with Crippen LogP contribution in [-0.4, -0.2) is 51.9 Å². The fourth-order valence-corrected chi connectivity index (χ4v) is 4.97. The molecule has 178 valence electrons. The van der Waals surface area contributed by atoms with E-state index >= 15 is 0 Å². The predicted octanol–water partition coefficient (Wildman–Crippen LogP) is 5.32. The minimum absolute atomic E-state index is 0.0598. The first-order valence-electron chi connectivity index (χ1n) is 11.8. The highest BCUT2D eigenvalue weighted by Crippen LogP contribution is 2.30. The van der Waals surface area contributed by atoms with Gasteiger partial charge in [0.05, 0.1) is 13.2 Å². The zero-order chi connectivity index (χ0) is 24.2. The van der Waals surface area contributed by atoms with Crippen molar-refractivity contribution in [3.05, 3.63) is 95.1 Å². The molecule has 0 radical (unpaired) electrons. The number of rotatable bonds is 6. The third-order valence-electron chi connectivity index (χ3n) is 6.08. The Bertz CT molecular complexity index is 1310. The van der Waals surface area contributed by atoms with Crippen molar-refractivity contribution in [2.45, 2.75) is 24.8 Å². The summed E-state index contributed by atoms with van der Waals surface area (Å²) in [6.07, 6.45) is 0. The van der Waals surface area contributed by atoms with Gasteiger partial charge in [0.2, 0.25) is 0 Å². The number of amides is 1. The fourth-order valence-electron chi connectivity index (χ4n) is 4.07. The summed E-state index contributed by atoms with van der Waals surface area (Å²) in [5.41, 5.74) is 6.24. The van der Waals surface area contributed by atoms with Crippen LogP contribution < -0.4 is 0 Å². The van der Waals surface area contributed by atoms with Crippen molar-refractivity contribution in [2.75, 3.05) is 26.3 Å². The number of hydrogen-bond acceptors (Lipinski definition) is 5. The lowest BCUT2D eigenvalue weighted by Crippen LogP contribution is -2.40. The maximum absolute atomic E-state index is 12.9. The third kappa shape index (κ3) is 5.31. The van der Waals surface area contributed by atoms with Gasteiger partial charge in [-0.15, -0.1) is 10.2 Å². The molecule has 0 bridgehead atoms. The van der Waals surface area contributed by atoms with E-state index in [2.05, 4.69) is 83.2 Å². The van der Waals surface area contributed by atoms with Gasteiger partial charge in [0.1, 0.15) is 0 Å². The Morgan fingerprint density at radius 1 is 0.914 bits per heavy atom. The molecule has 0 aliphatic carbocycles. The quantitative estimate of drug-likeness (QED) is 0.347. The van der Waals surface area contributed by atoms with Gasteiger partial charge in [-0.2, -0.15) is 0 Å². The van der Waals surface area contributed by atoms with Gasteiger partial charge in [0.15, 0.2) is 11.0 Å². The number of ether oxygens (including phenoxy) is 1. The Morgan fingerprint density at radius 2 is 1.60 bits per heavy atom. The molecule has 2 heterocycles. The molecule has 1 saturated heterocycles. The number of hydrogen-bond donors (Lipinski definition) is 0. The van der Waals surface area contributed by atoms with Crippen molar-refractivity contribution in [3.8, 4) is 17.1 Å². The van der Waals surface area contributed by atoms with E-state index in [4.69, 9.17) is 4.74 Å². The van der Waals surface area contributed by atoms with Gasteiger partial charge < -0.3 is 9.64 Å². The van der Waals surface area contributed by atoms with Gasteiger partial charge in [-0.05, 0) is 43.7 Å². The first-order valence-corrected chi connectivity index (χ1v) is 12.8. The zero-order valence-electron chi connectivity index (χ0n) is 20.0. The number of thioether (sulfide) groups is 1. The number of nitrogens with zero attached hydrogens (tertiary/aromatic N) is 4. The standard InChI is InChI=1S/C28H28N4O2S/c1-20-6-10-23(11-7-20)26-29-30-28(32(26)25-12-8-21(2)9-13-25)35-19-22-4-3-5-24(18-22)27(33)31-14-16-34-17-15-31/h3-13,18H,14-17,19H2,1-2H3. The molecular weight excluding hydrogens is 456 g/mol. The highest BCUT2D eigenvalue weighted by atomic mass is 32.2. The van der Waals surface area contributed by atoms with E-state index in [9.17, 15) is 4.79 Å². The largest absolute Gasteiger partial charge is 0.378 e. The Kier molecular flexibility index (Phi) is 6.97. The van der Waals surface area contributed by atoms with Crippen LogP contribution >= 0.6 is 11.8 Å². The highest BCUT2D eigenvalue weighted by molar-refractivity contribution is 7.98. The molecule has 1 amide bonds. The summed E-state index contributed by atoms with van der Waals surface area (Å²) < 4.78 is 7.49. The van der Waals surface area contributed by atoms with Gasteiger partial charge in [-0.1, -0.05) is 71.4 Å². The average molecular weight is 485 g/mol. The second kappa shape index (κ2) is 10.5. The highest BCUT2D eigenvalue weighted by Gasteiger charge is 2.19. The van der Waals surface area contributed by atoms with Gasteiger partial charge in [-0.3, -0.25) is 9.36 Å². The topological polar surface area (TPSA) is 60.3 Å². The van der Waals surface area contributed by atoms with Gasteiger partial charge >= 0.3 is 0 Å². The molecule has 0 unspecified atom stereocenters. The van der Waals surface area contributed by atoms with Gasteiger partial charge in [0, 0.05) is 35.7 Å². The molecule has 0 saturated carbocycles. The zero-order valence-corrected chi connectivity index (χ0v) is 20.8. The average Bonchev–Trinajstić information content (AvgIpc) is 3.32. The van der Waals surface area contributed by atoms with E-state index in [0.717, 1.165) is 27.8 Å². The van der Waals surface area contributed by atoms with E-state index in [1.165, 1.54) is 11.1 Å². The summed E-state index contributed by atoms with van der Waals surface area (Å²) in [4.78, 5) is 14.8. The van der Waals surface area contributed by atoms with Crippen molar-refractivity contribution < 1.29 is 9.53 Å². The van der Waals surface area contributed by atoms with Crippen molar-refractivity contribution >= 4 is 17.7 Å². The SMILES string of the molecule is Cc1ccc(-c2nnc(SCc3cccc(C(=O)N4CCOCC4)c3)n2-c2ccc(C)cc2)cc1. The summed E-state index contributed by atoms with van der Waals surface area (Å²) >= 11 is 1.62. The number of aromatic nitrogens is 3. The maximum atomic E-state index is 12.9. The molecule has 4 aromatic rings. The van der Waals surface area contributed by atoms with E-state index in [0.29, 0.717) is 37.6 Å². The van der Waals surface area contributed by atoms with Crippen LogP contribution in [0.1, 0.15) is 27.0 Å². The smallest absolute Gasteiger partial charge is 0.254 e. The van der Waals surface area contributed by atoms with Crippen LogP contribution in [0.4, 0.5) is 0 Å². The summed E-state index contributed by atoms with van der Waals surface area (Å²) in [6.45, 7) is 6.63. The van der Waals surface area contributed by atoms with Crippen LogP contribution in [0.15, 0.2) is 78.0 Å². The van der Waals surface area contributed by atoms with Crippen molar-refractivity contribution in [3.63, 3.8) is 0 Å². The normalized spacial score (nSPS) is 13.7. The van der Waals surface area contributed by atoms with Crippen molar-refractivity contribution in [1.82, 2.24) is 19.7 Å². The Morgan fingerprint density at radius 3 is 2.31 bits per heavy atom. The number of benzene rings is 3. The molecule has 0 spiro atoms. The van der Waals surface area contributed by atoms with Crippen LogP contribution in [0.2, 0.25) is 0 Å². The molecule has 1 aliphatic rings. The molecule has 0 atom stereocenters. The molecule has 1 aliphatic heterocycles. The Hall–Kier alpha value is -3.42. The maximum Gasteiger partial charge on any atom is 0.254 e. The lowest BCUT2D eigenvalue weighted by atomic mass is 10.1. The molecule has 3 aromatic carbocycles. The van der Waals surface area contributed by atoms with Crippen molar-refractivity contribution in [1.29, 1.82) is 0 Å². The Labute approximate surface area is 210 Å². The summed E-state index contributed by atoms with van der Waals surface area (Å²) in [7, 11) is 0. The Balaban J connectivity index is 1.41. The minimum Gasteiger partial charge on any atom is -0.378 e. The second-order valence-electron chi connectivity index (χ2n) is 8.74. The van der Waals surface area contributed by atoms with E-state index in [1.54, 1.807) is 11.8 Å². The van der Waals surface area contributed by atoms with Crippen LogP contribution in [0.25, 0.3) is 17.1 Å². The van der Waals surface area contributed by atoms with Crippen LogP contribution in [0, 0.1) is 13.8 Å². The number of carbonyl (C=O) groups excluding carboxylic acids is 1. The third-order valence-corrected chi connectivity index (χ3v) is 7.08. The summed E-state index contributed by atoms with van der Waals surface area (Å²) in [6, 6.07) is 24.6. The molecule has 5 rings (SSSR count). The number of aryl methyl sites for hydroxylation is 2. The molecule has 0 N–H and O–H groups in total. The molecule has 7 heteroatoms. The number of morpholine rings is 1. The van der Waals surface area contributed by atoms with Gasteiger partial charge in [0.25, 0.3) is 5.91 Å². The number of carbonyl (C=O) groups is 1. The monoisotopic (exact) mass is 484 g/mol. The fraction of sp³-hybridized carbons (Fsp3) is 0.250. The van der Waals surface area contributed by atoms with Crippen molar-refractivity contribution in [2.24, 2.45) is 0 Å². The molecule has 1 fully saturated rings. The first-order chi connectivity index (χ1) is 17.1.